The molecule has 0 aliphatic rings. The van der Waals surface area contributed by atoms with Gasteiger partial charge in [0.25, 0.3) is 0 Å². The predicted octanol–water partition coefficient (Wildman–Crippen LogP) is 2.30. The molecule has 2 unspecified atom stereocenters. The third-order valence-electron chi connectivity index (χ3n) is 2.63. The van der Waals surface area contributed by atoms with Gasteiger partial charge in [-0.1, -0.05) is 20.8 Å². The van der Waals surface area contributed by atoms with Crippen LogP contribution in [0.4, 0.5) is 0 Å². The number of nitrogens with zero attached hydrogens (tertiary/aromatic N) is 1. The number of nitrogens with one attached hydrogen (secondary N) is 1. The maximum atomic E-state index is 3.49. The highest BCUT2D eigenvalue weighted by Gasteiger charge is 2.12. The van der Waals surface area contributed by atoms with Crippen molar-refractivity contribution in [3.8, 4) is 0 Å². The summed E-state index contributed by atoms with van der Waals surface area (Å²) in [5.74, 6) is 1.95. The van der Waals surface area contributed by atoms with Crippen molar-refractivity contribution in [2.75, 3.05) is 32.1 Å². The van der Waals surface area contributed by atoms with Crippen LogP contribution in [-0.2, 0) is 0 Å². The lowest BCUT2D eigenvalue weighted by Gasteiger charge is -2.27. The zero-order valence-electron chi connectivity index (χ0n) is 11.2. The highest BCUT2D eigenvalue weighted by atomic mass is 32.2. The molecular formula is C12H28N2S. The zero-order valence-corrected chi connectivity index (χ0v) is 12.0. The van der Waals surface area contributed by atoms with E-state index in [0.29, 0.717) is 12.1 Å². The van der Waals surface area contributed by atoms with Crippen LogP contribution in [0.3, 0.4) is 0 Å². The van der Waals surface area contributed by atoms with E-state index < -0.39 is 0 Å². The first-order valence-electron chi connectivity index (χ1n) is 5.89. The van der Waals surface area contributed by atoms with Crippen LogP contribution in [0.5, 0.6) is 0 Å². The molecule has 0 bridgehead atoms. The van der Waals surface area contributed by atoms with Crippen LogP contribution in [0.15, 0.2) is 0 Å². The molecule has 0 spiro atoms. The summed E-state index contributed by atoms with van der Waals surface area (Å²) in [6.07, 6.45) is 2.17. The zero-order chi connectivity index (χ0) is 11.8. The molecule has 0 saturated heterocycles. The average molecular weight is 232 g/mol. The first-order valence-corrected chi connectivity index (χ1v) is 7.29. The van der Waals surface area contributed by atoms with Gasteiger partial charge in [0.2, 0.25) is 0 Å². The molecule has 1 N–H and O–H groups in total. The van der Waals surface area contributed by atoms with Crippen LogP contribution < -0.4 is 5.32 Å². The third-order valence-corrected chi connectivity index (χ3v) is 3.45. The van der Waals surface area contributed by atoms with Crippen molar-refractivity contribution in [1.82, 2.24) is 10.2 Å². The van der Waals surface area contributed by atoms with Crippen molar-refractivity contribution in [2.24, 2.45) is 5.92 Å². The van der Waals surface area contributed by atoms with Crippen LogP contribution in [0.25, 0.3) is 0 Å². The van der Waals surface area contributed by atoms with Gasteiger partial charge in [-0.2, -0.15) is 11.8 Å². The lowest BCUT2D eigenvalue weighted by Crippen LogP contribution is -2.38. The van der Waals surface area contributed by atoms with Crippen molar-refractivity contribution in [3.05, 3.63) is 0 Å². The lowest BCUT2D eigenvalue weighted by molar-refractivity contribution is 0.235. The Kier molecular flexibility index (Phi) is 8.58. The Bertz CT molecular complexity index is 151. The van der Waals surface area contributed by atoms with Gasteiger partial charge >= 0.3 is 0 Å². The second-order valence-corrected chi connectivity index (χ2v) is 5.82. The van der Waals surface area contributed by atoms with Crippen molar-refractivity contribution >= 4 is 11.8 Å². The van der Waals surface area contributed by atoms with Crippen LogP contribution in [-0.4, -0.2) is 49.1 Å². The van der Waals surface area contributed by atoms with E-state index in [1.165, 1.54) is 12.3 Å². The Morgan fingerprint density at radius 1 is 1.20 bits per heavy atom. The summed E-state index contributed by atoms with van der Waals surface area (Å²) >= 11 is 1.93. The van der Waals surface area contributed by atoms with E-state index in [0.717, 1.165) is 12.5 Å². The molecule has 15 heavy (non-hydrogen) atoms. The SMILES string of the molecule is CSCC(C)N(C)CC(C)CNC(C)C. The van der Waals surface area contributed by atoms with Gasteiger partial charge in [0.15, 0.2) is 0 Å². The van der Waals surface area contributed by atoms with Gasteiger partial charge in [0.1, 0.15) is 0 Å². The first-order chi connectivity index (χ1) is 6.97. The molecule has 0 heterocycles. The van der Waals surface area contributed by atoms with E-state index in [1.807, 2.05) is 11.8 Å². The van der Waals surface area contributed by atoms with Crippen molar-refractivity contribution in [3.63, 3.8) is 0 Å². The normalized spacial score (nSPS) is 16.0. The maximum absolute atomic E-state index is 3.49. The van der Waals surface area contributed by atoms with Gasteiger partial charge in [-0.3, -0.25) is 0 Å². The van der Waals surface area contributed by atoms with Crippen molar-refractivity contribution in [1.29, 1.82) is 0 Å². The molecule has 92 valence electrons. The van der Waals surface area contributed by atoms with Gasteiger partial charge in [0.05, 0.1) is 0 Å². The van der Waals surface area contributed by atoms with Crippen molar-refractivity contribution < 1.29 is 0 Å². The monoisotopic (exact) mass is 232 g/mol. The van der Waals surface area contributed by atoms with Crippen LogP contribution in [0.2, 0.25) is 0 Å². The molecule has 2 nitrogen and oxygen atoms in total. The van der Waals surface area contributed by atoms with Crippen LogP contribution >= 0.6 is 11.8 Å². The fourth-order valence-corrected chi connectivity index (χ4v) is 2.28. The molecule has 0 saturated carbocycles. The topological polar surface area (TPSA) is 15.3 Å². The predicted molar refractivity (Wildman–Crippen MR) is 72.8 cm³/mol. The summed E-state index contributed by atoms with van der Waals surface area (Å²) in [4.78, 5) is 2.46. The van der Waals surface area contributed by atoms with Gasteiger partial charge in [-0.15, -0.1) is 0 Å². The summed E-state index contributed by atoms with van der Waals surface area (Å²) in [7, 11) is 2.23. The highest BCUT2D eigenvalue weighted by Crippen LogP contribution is 2.06. The number of hydrogen-bond acceptors (Lipinski definition) is 3. The standard InChI is InChI=1S/C12H28N2S/c1-10(2)13-7-11(3)8-14(5)12(4)9-15-6/h10-13H,7-9H2,1-6H3. The second kappa shape index (κ2) is 8.43. The van der Waals surface area contributed by atoms with E-state index in [1.54, 1.807) is 0 Å². The van der Waals surface area contributed by atoms with E-state index in [-0.39, 0.29) is 0 Å². The Hall–Kier alpha value is 0.270. The van der Waals surface area contributed by atoms with E-state index in [9.17, 15) is 0 Å². The maximum Gasteiger partial charge on any atom is 0.0155 e. The number of thioether (sulfide) groups is 1. The van der Waals surface area contributed by atoms with Crippen LogP contribution in [0.1, 0.15) is 27.7 Å². The molecule has 0 aliphatic carbocycles. The molecule has 0 fully saturated rings. The number of hydrogen-bond donors (Lipinski definition) is 1. The Labute approximate surface area is 100 Å². The molecule has 0 amide bonds. The Morgan fingerprint density at radius 3 is 2.27 bits per heavy atom. The van der Waals surface area contributed by atoms with Gasteiger partial charge in [-0.25, -0.2) is 0 Å². The summed E-state index contributed by atoms with van der Waals surface area (Å²) in [6.45, 7) is 11.3. The quantitative estimate of drug-likeness (QED) is 0.691. The first kappa shape index (κ1) is 15.3. The average Bonchev–Trinajstić information content (AvgIpc) is 2.15. The van der Waals surface area contributed by atoms with Gasteiger partial charge in [0, 0.05) is 24.4 Å². The Morgan fingerprint density at radius 2 is 1.80 bits per heavy atom. The number of rotatable bonds is 8. The molecule has 0 aromatic rings. The summed E-state index contributed by atoms with van der Waals surface area (Å²) in [6, 6.07) is 1.28. The largest absolute Gasteiger partial charge is 0.314 e. The summed E-state index contributed by atoms with van der Waals surface area (Å²) in [5, 5.41) is 3.49. The fraction of sp³-hybridized carbons (Fsp3) is 1.00. The van der Waals surface area contributed by atoms with E-state index in [2.05, 4.69) is 51.2 Å². The van der Waals surface area contributed by atoms with Crippen LogP contribution in [0, 0.1) is 5.92 Å². The van der Waals surface area contributed by atoms with Gasteiger partial charge in [-0.05, 0) is 32.7 Å². The minimum absolute atomic E-state index is 0.598. The molecule has 0 rings (SSSR count). The summed E-state index contributed by atoms with van der Waals surface area (Å²) in [5.41, 5.74) is 0. The second-order valence-electron chi connectivity index (χ2n) is 4.91. The molecule has 0 aromatic carbocycles. The van der Waals surface area contributed by atoms with Gasteiger partial charge < -0.3 is 10.2 Å². The van der Waals surface area contributed by atoms with E-state index in [4.69, 9.17) is 0 Å². The minimum atomic E-state index is 0.598. The smallest absolute Gasteiger partial charge is 0.0155 e. The van der Waals surface area contributed by atoms with E-state index >= 15 is 0 Å². The molecule has 0 aliphatic heterocycles. The molecule has 2 atom stereocenters. The molecule has 0 radical (unpaired) electrons. The molecule has 3 heteroatoms. The lowest BCUT2D eigenvalue weighted by atomic mass is 10.1. The minimum Gasteiger partial charge on any atom is -0.314 e. The fourth-order valence-electron chi connectivity index (χ4n) is 1.54. The third kappa shape index (κ3) is 8.12. The Balaban J connectivity index is 3.69. The molecule has 0 aromatic heterocycles. The highest BCUT2D eigenvalue weighted by molar-refractivity contribution is 7.98. The van der Waals surface area contributed by atoms with Crippen molar-refractivity contribution in [2.45, 2.75) is 39.8 Å². The summed E-state index contributed by atoms with van der Waals surface area (Å²) < 4.78 is 0. The molecular weight excluding hydrogens is 204 g/mol.